The van der Waals surface area contributed by atoms with Gasteiger partial charge in [-0.3, -0.25) is 9.59 Å². The Morgan fingerprint density at radius 2 is 1.21 bits per heavy atom. The molecule has 1 N–H and O–H groups in total. The molecule has 2 atom stereocenters. The summed E-state index contributed by atoms with van der Waals surface area (Å²) in [7, 11) is 0. The molecule has 0 saturated heterocycles. The van der Waals surface area contributed by atoms with Gasteiger partial charge in [0.2, 0.25) is 0 Å². The molecular formula is C25H48O4. The van der Waals surface area contributed by atoms with Crippen LogP contribution in [0.2, 0.25) is 0 Å². The predicted molar refractivity (Wildman–Crippen MR) is 121 cm³/mol. The molecule has 0 aliphatic heterocycles. The Bertz CT molecular complexity index is 406. The van der Waals surface area contributed by atoms with Crippen molar-refractivity contribution in [2.24, 2.45) is 11.8 Å². The summed E-state index contributed by atoms with van der Waals surface area (Å²) in [6, 6.07) is 0. The van der Waals surface area contributed by atoms with E-state index < -0.39 is 17.9 Å². The van der Waals surface area contributed by atoms with Gasteiger partial charge in [-0.2, -0.15) is 0 Å². The molecule has 172 valence electrons. The summed E-state index contributed by atoms with van der Waals surface area (Å²) in [5, 5.41) is 9.32. The van der Waals surface area contributed by atoms with Crippen molar-refractivity contribution in [3.63, 3.8) is 0 Å². The summed E-state index contributed by atoms with van der Waals surface area (Å²) in [6.45, 7) is 8.66. The second kappa shape index (κ2) is 18.9. The van der Waals surface area contributed by atoms with Gasteiger partial charge in [-0.25, -0.2) is 0 Å². The predicted octanol–water partition coefficient (Wildman–Crippen LogP) is 7.54. The van der Waals surface area contributed by atoms with Crippen LogP contribution in [0.15, 0.2) is 0 Å². The Hall–Kier alpha value is -1.06. The Morgan fingerprint density at radius 1 is 0.724 bits per heavy atom. The van der Waals surface area contributed by atoms with Crippen molar-refractivity contribution in [1.29, 1.82) is 0 Å². The lowest BCUT2D eigenvalue weighted by Gasteiger charge is -2.19. The molecule has 29 heavy (non-hydrogen) atoms. The maximum Gasteiger partial charge on any atom is 0.320 e. The number of hydrogen-bond acceptors (Lipinski definition) is 3. The fraction of sp³-hybridized carbons (Fsp3) is 0.920. The van der Waals surface area contributed by atoms with Crippen molar-refractivity contribution >= 4 is 11.9 Å². The highest BCUT2D eigenvalue weighted by Crippen LogP contribution is 2.18. The van der Waals surface area contributed by atoms with Gasteiger partial charge in [0.25, 0.3) is 0 Å². The fourth-order valence-electron chi connectivity index (χ4n) is 3.70. The summed E-state index contributed by atoms with van der Waals surface area (Å²) in [4.78, 5) is 23.6. The number of unbranched alkanes of at least 4 members (excludes halogenated alkanes) is 10. The third-order valence-corrected chi connectivity index (χ3v) is 5.72. The molecule has 0 saturated carbocycles. The van der Waals surface area contributed by atoms with E-state index in [4.69, 9.17) is 4.74 Å². The van der Waals surface area contributed by atoms with Crippen molar-refractivity contribution in [3.05, 3.63) is 0 Å². The Labute approximate surface area is 180 Å². The average Bonchev–Trinajstić information content (AvgIpc) is 2.67. The number of aliphatic carboxylic acids is 1. The van der Waals surface area contributed by atoms with Gasteiger partial charge >= 0.3 is 11.9 Å². The number of hydrogen-bond donors (Lipinski definition) is 1. The maximum absolute atomic E-state index is 12.3. The highest BCUT2D eigenvalue weighted by atomic mass is 16.5. The van der Waals surface area contributed by atoms with E-state index in [2.05, 4.69) is 20.8 Å². The van der Waals surface area contributed by atoms with Crippen LogP contribution in [0.5, 0.6) is 0 Å². The zero-order valence-electron chi connectivity index (χ0n) is 19.7. The lowest BCUT2D eigenvalue weighted by molar-refractivity contribution is -0.163. The number of rotatable bonds is 20. The molecule has 4 nitrogen and oxygen atoms in total. The summed E-state index contributed by atoms with van der Waals surface area (Å²) in [6.07, 6.45) is 17.5. The van der Waals surface area contributed by atoms with Crippen LogP contribution >= 0.6 is 0 Å². The second-order valence-electron chi connectivity index (χ2n) is 9.01. The molecule has 0 aliphatic carbocycles. The van der Waals surface area contributed by atoms with Gasteiger partial charge in [0.1, 0.15) is 6.10 Å². The standard InChI is InChI=1S/C25H48O4/c1-5-7-15-20-23(24(26)27)25(28)29-22(6-2)19-17-14-12-10-8-9-11-13-16-18-21(3)4/h21-23H,5-20H2,1-4H3,(H,26,27). The van der Waals surface area contributed by atoms with Crippen LogP contribution < -0.4 is 0 Å². The third-order valence-electron chi connectivity index (χ3n) is 5.72. The first-order valence-electron chi connectivity index (χ1n) is 12.4. The number of esters is 1. The van der Waals surface area contributed by atoms with Crippen molar-refractivity contribution in [2.45, 2.75) is 137 Å². The first-order chi connectivity index (χ1) is 13.9. The third kappa shape index (κ3) is 16.4. The molecule has 2 unspecified atom stereocenters. The van der Waals surface area contributed by atoms with Crippen LogP contribution in [0.25, 0.3) is 0 Å². The molecule has 0 aromatic heterocycles. The van der Waals surface area contributed by atoms with E-state index >= 15 is 0 Å². The van der Waals surface area contributed by atoms with E-state index in [-0.39, 0.29) is 6.10 Å². The highest BCUT2D eigenvalue weighted by molar-refractivity contribution is 5.93. The van der Waals surface area contributed by atoms with E-state index in [1.807, 2.05) is 6.92 Å². The highest BCUT2D eigenvalue weighted by Gasteiger charge is 2.29. The first-order valence-corrected chi connectivity index (χ1v) is 12.4. The van der Waals surface area contributed by atoms with Gasteiger partial charge in [-0.15, -0.1) is 0 Å². The number of carbonyl (C=O) groups excluding carboxylic acids is 1. The molecular weight excluding hydrogens is 364 g/mol. The molecule has 0 amide bonds. The van der Waals surface area contributed by atoms with Gasteiger partial charge in [-0.05, 0) is 31.6 Å². The van der Waals surface area contributed by atoms with Crippen molar-refractivity contribution in [2.75, 3.05) is 0 Å². The zero-order chi connectivity index (χ0) is 21.9. The monoisotopic (exact) mass is 412 g/mol. The first kappa shape index (κ1) is 27.9. The van der Waals surface area contributed by atoms with Crippen LogP contribution in [0, 0.1) is 11.8 Å². The van der Waals surface area contributed by atoms with Crippen molar-refractivity contribution in [1.82, 2.24) is 0 Å². The Kier molecular flexibility index (Phi) is 18.2. The van der Waals surface area contributed by atoms with Gasteiger partial charge in [-0.1, -0.05) is 105 Å². The second-order valence-corrected chi connectivity index (χ2v) is 9.01. The Balaban J connectivity index is 3.84. The molecule has 4 heteroatoms. The summed E-state index contributed by atoms with van der Waals surface area (Å²) in [5.41, 5.74) is 0. The maximum atomic E-state index is 12.3. The van der Waals surface area contributed by atoms with Crippen molar-refractivity contribution < 1.29 is 19.4 Å². The quantitative estimate of drug-likeness (QED) is 0.127. The summed E-state index contributed by atoms with van der Waals surface area (Å²) >= 11 is 0. The van der Waals surface area contributed by atoms with E-state index in [9.17, 15) is 14.7 Å². The minimum Gasteiger partial charge on any atom is -0.481 e. The van der Waals surface area contributed by atoms with E-state index in [1.165, 1.54) is 57.8 Å². The molecule has 0 fully saturated rings. The normalized spacial score (nSPS) is 13.4. The number of carboxylic acid groups (broad SMARTS) is 1. The molecule has 0 aromatic rings. The molecule has 0 bridgehead atoms. The van der Waals surface area contributed by atoms with E-state index in [0.29, 0.717) is 6.42 Å². The molecule has 0 aromatic carbocycles. The van der Waals surface area contributed by atoms with E-state index in [1.54, 1.807) is 0 Å². The van der Waals surface area contributed by atoms with Crippen LogP contribution in [0.4, 0.5) is 0 Å². The molecule has 0 aliphatic rings. The Morgan fingerprint density at radius 3 is 1.66 bits per heavy atom. The van der Waals surface area contributed by atoms with Crippen LogP contribution in [0.3, 0.4) is 0 Å². The lowest BCUT2D eigenvalue weighted by atomic mass is 10.0. The van der Waals surface area contributed by atoms with Gasteiger partial charge in [0, 0.05) is 0 Å². The summed E-state index contributed by atoms with van der Waals surface area (Å²) in [5.74, 6) is -1.77. The fourth-order valence-corrected chi connectivity index (χ4v) is 3.70. The molecule has 0 radical (unpaired) electrons. The van der Waals surface area contributed by atoms with Gasteiger partial charge in [0.05, 0.1) is 0 Å². The summed E-state index contributed by atoms with van der Waals surface area (Å²) < 4.78 is 5.53. The smallest absolute Gasteiger partial charge is 0.320 e. The SMILES string of the molecule is CCCCCC(C(=O)O)C(=O)OC(CC)CCCCCCCCCCCC(C)C. The van der Waals surface area contributed by atoms with Crippen LogP contribution in [-0.2, 0) is 14.3 Å². The lowest BCUT2D eigenvalue weighted by Crippen LogP contribution is -2.29. The topological polar surface area (TPSA) is 63.6 Å². The zero-order valence-corrected chi connectivity index (χ0v) is 19.7. The van der Waals surface area contributed by atoms with Crippen LogP contribution in [-0.4, -0.2) is 23.1 Å². The number of carboxylic acids is 1. The van der Waals surface area contributed by atoms with Crippen molar-refractivity contribution in [3.8, 4) is 0 Å². The van der Waals surface area contributed by atoms with Gasteiger partial charge in [0.15, 0.2) is 5.92 Å². The minimum atomic E-state index is -1.05. The molecule has 0 heterocycles. The molecule has 0 rings (SSSR count). The van der Waals surface area contributed by atoms with Crippen LogP contribution in [0.1, 0.15) is 130 Å². The average molecular weight is 413 g/mol. The van der Waals surface area contributed by atoms with Gasteiger partial charge < -0.3 is 9.84 Å². The van der Waals surface area contributed by atoms with E-state index in [0.717, 1.165) is 44.4 Å². The number of carbonyl (C=O) groups is 2. The largest absolute Gasteiger partial charge is 0.481 e. The number of ether oxygens (including phenoxy) is 1. The minimum absolute atomic E-state index is 0.142. The molecule has 0 spiro atoms.